The lowest BCUT2D eigenvalue weighted by Crippen LogP contribution is -2.37. The Hall–Kier alpha value is -1.80. The van der Waals surface area contributed by atoms with E-state index in [4.69, 9.17) is 0 Å². The Bertz CT molecular complexity index is 1050. The molecule has 3 rings (SSSR count). The summed E-state index contributed by atoms with van der Waals surface area (Å²) in [5, 5.41) is 0.773. The summed E-state index contributed by atoms with van der Waals surface area (Å²) >= 11 is 5.07. The van der Waals surface area contributed by atoms with Crippen LogP contribution in [-0.2, 0) is 20.6 Å². The summed E-state index contributed by atoms with van der Waals surface area (Å²) in [6.07, 6.45) is 2.17. The Balaban J connectivity index is 2.19. The van der Waals surface area contributed by atoms with E-state index in [0.29, 0.717) is 17.7 Å². The maximum Gasteiger partial charge on any atom is 0.332 e. The molecule has 0 bridgehead atoms. The maximum atomic E-state index is 12.8. The molecule has 0 fully saturated rings. The molecule has 8 heteroatoms. The molecule has 0 N–H and O–H groups in total. The molecule has 2 aromatic heterocycles. The molecule has 0 amide bonds. The number of nitrogens with zero attached hydrogens (tertiary/aromatic N) is 4. The molecular weight excluding hydrogens is 416 g/mol. The van der Waals surface area contributed by atoms with Crippen LogP contribution < -0.4 is 11.2 Å². The molecule has 1 aromatic carbocycles. The molecule has 2 heterocycles. The van der Waals surface area contributed by atoms with Crippen LogP contribution in [0.15, 0.2) is 43.5 Å². The Labute approximate surface area is 164 Å². The number of thioether (sulfide) groups is 1. The van der Waals surface area contributed by atoms with Gasteiger partial charge in [0.15, 0.2) is 16.3 Å². The highest BCUT2D eigenvalue weighted by molar-refractivity contribution is 9.10. The Morgan fingerprint density at radius 2 is 1.81 bits per heavy atom. The number of imidazole rings is 1. The first-order chi connectivity index (χ1) is 12.4. The van der Waals surface area contributed by atoms with Crippen LogP contribution in [0.1, 0.15) is 25.3 Å². The second-order valence-electron chi connectivity index (χ2n) is 6.19. The predicted molar refractivity (Wildman–Crippen MR) is 109 cm³/mol. The zero-order valence-electron chi connectivity index (χ0n) is 15.0. The number of hydrogen-bond donors (Lipinski definition) is 0. The zero-order valence-corrected chi connectivity index (χ0v) is 17.4. The summed E-state index contributed by atoms with van der Waals surface area (Å²) in [6.45, 7) is 2.68. The van der Waals surface area contributed by atoms with Gasteiger partial charge in [-0.15, -0.1) is 0 Å². The smallest absolute Gasteiger partial charge is 0.309 e. The lowest BCUT2D eigenvalue weighted by Gasteiger charge is -2.09. The van der Waals surface area contributed by atoms with Crippen molar-refractivity contribution in [3.8, 4) is 0 Å². The second-order valence-corrected chi connectivity index (χ2v) is 8.16. The average Bonchev–Trinajstić information content (AvgIpc) is 2.99. The van der Waals surface area contributed by atoms with Gasteiger partial charge in [-0.1, -0.05) is 53.2 Å². The van der Waals surface area contributed by atoms with Crippen LogP contribution in [0, 0.1) is 0 Å². The number of rotatable bonds is 6. The Kier molecular flexibility index (Phi) is 5.72. The predicted octanol–water partition coefficient (Wildman–Crippen LogP) is 3.14. The van der Waals surface area contributed by atoms with Gasteiger partial charge in [-0.3, -0.25) is 13.9 Å². The average molecular weight is 437 g/mol. The van der Waals surface area contributed by atoms with Gasteiger partial charge in [-0.2, -0.15) is 0 Å². The van der Waals surface area contributed by atoms with Gasteiger partial charge in [-0.25, -0.2) is 9.78 Å². The van der Waals surface area contributed by atoms with Gasteiger partial charge < -0.3 is 4.57 Å². The number of benzene rings is 1. The molecule has 0 aliphatic rings. The van der Waals surface area contributed by atoms with Crippen molar-refractivity contribution in [2.45, 2.75) is 31.5 Å². The third kappa shape index (κ3) is 3.53. The van der Waals surface area contributed by atoms with E-state index in [0.717, 1.165) is 38.4 Å². The van der Waals surface area contributed by atoms with E-state index in [1.807, 2.05) is 28.8 Å². The Morgan fingerprint density at radius 3 is 2.46 bits per heavy atom. The first-order valence-electron chi connectivity index (χ1n) is 8.47. The Morgan fingerprint density at radius 1 is 1.12 bits per heavy atom. The SMILES string of the molecule is CCCCSc1nc2c(c(=O)n(C)c(=O)n2C)n1Cc1ccc(Br)cc1. The van der Waals surface area contributed by atoms with Crippen LogP contribution in [-0.4, -0.2) is 24.4 Å². The largest absolute Gasteiger partial charge is 0.332 e. The lowest BCUT2D eigenvalue weighted by atomic mass is 10.2. The fraction of sp³-hybridized carbons (Fsp3) is 0.389. The number of unbranched alkanes of at least 4 members (excludes halogenated alkanes) is 1. The fourth-order valence-electron chi connectivity index (χ4n) is 2.76. The number of aryl methyl sites for hydroxylation is 1. The third-order valence-corrected chi connectivity index (χ3v) is 5.89. The minimum Gasteiger partial charge on any atom is -0.309 e. The minimum atomic E-state index is -0.360. The van der Waals surface area contributed by atoms with Crippen LogP contribution in [0.3, 0.4) is 0 Å². The summed E-state index contributed by atoms with van der Waals surface area (Å²) in [5.41, 5.74) is 1.31. The molecule has 0 aliphatic carbocycles. The van der Waals surface area contributed by atoms with Gasteiger partial charge in [0, 0.05) is 24.3 Å². The van der Waals surface area contributed by atoms with Gasteiger partial charge in [0.2, 0.25) is 0 Å². The van der Waals surface area contributed by atoms with Crippen LogP contribution >= 0.6 is 27.7 Å². The van der Waals surface area contributed by atoms with Gasteiger partial charge in [0.25, 0.3) is 5.56 Å². The van der Waals surface area contributed by atoms with Gasteiger partial charge >= 0.3 is 5.69 Å². The van der Waals surface area contributed by atoms with Crippen molar-refractivity contribution >= 4 is 38.9 Å². The van der Waals surface area contributed by atoms with E-state index in [1.165, 1.54) is 11.6 Å². The molecule has 138 valence electrons. The van der Waals surface area contributed by atoms with Gasteiger partial charge in [-0.05, 0) is 24.1 Å². The summed E-state index contributed by atoms with van der Waals surface area (Å²) in [7, 11) is 3.16. The van der Waals surface area contributed by atoms with Crippen molar-refractivity contribution in [3.63, 3.8) is 0 Å². The maximum absolute atomic E-state index is 12.8. The molecule has 0 radical (unpaired) electrons. The normalized spacial score (nSPS) is 11.4. The van der Waals surface area contributed by atoms with Crippen molar-refractivity contribution < 1.29 is 0 Å². The number of fused-ring (bicyclic) bond motifs is 1. The van der Waals surface area contributed by atoms with E-state index in [2.05, 4.69) is 27.8 Å². The third-order valence-electron chi connectivity index (χ3n) is 4.30. The van der Waals surface area contributed by atoms with Crippen molar-refractivity contribution in [2.24, 2.45) is 14.1 Å². The van der Waals surface area contributed by atoms with E-state index in [-0.39, 0.29) is 11.2 Å². The van der Waals surface area contributed by atoms with Crippen LogP contribution in [0.2, 0.25) is 0 Å². The monoisotopic (exact) mass is 436 g/mol. The van der Waals surface area contributed by atoms with E-state index >= 15 is 0 Å². The van der Waals surface area contributed by atoms with Gasteiger partial charge in [0.1, 0.15) is 0 Å². The van der Waals surface area contributed by atoms with Crippen molar-refractivity contribution in [1.29, 1.82) is 0 Å². The van der Waals surface area contributed by atoms with Crippen LogP contribution in [0.4, 0.5) is 0 Å². The standard InChI is InChI=1S/C18H21BrN4O2S/c1-4-5-10-26-17-20-15-14(16(24)22(3)18(25)21(15)2)23(17)11-12-6-8-13(19)9-7-12/h6-9H,4-5,10-11H2,1-3H3. The van der Waals surface area contributed by atoms with Crippen molar-refractivity contribution in [2.75, 3.05) is 5.75 Å². The summed E-state index contributed by atoms with van der Waals surface area (Å²) in [4.78, 5) is 29.7. The summed E-state index contributed by atoms with van der Waals surface area (Å²) in [5.74, 6) is 0.925. The van der Waals surface area contributed by atoms with E-state index < -0.39 is 0 Å². The van der Waals surface area contributed by atoms with Crippen LogP contribution in [0.25, 0.3) is 11.2 Å². The second kappa shape index (κ2) is 7.84. The molecule has 0 spiro atoms. The first kappa shape index (κ1) is 19.0. The molecule has 0 saturated carbocycles. The molecule has 0 atom stereocenters. The molecule has 3 aromatic rings. The molecule has 26 heavy (non-hydrogen) atoms. The van der Waals surface area contributed by atoms with Gasteiger partial charge in [0.05, 0.1) is 6.54 Å². The number of hydrogen-bond acceptors (Lipinski definition) is 4. The first-order valence-corrected chi connectivity index (χ1v) is 10.3. The van der Waals surface area contributed by atoms with Crippen molar-refractivity contribution in [3.05, 3.63) is 55.1 Å². The summed E-state index contributed by atoms with van der Waals surface area (Å²) < 4.78 is 5.52. The molecule has 0 unspecified atom stereocenters. The van der Waals surface area contributed by atoms with E-state index in [9.17, 15) is 9.59 Å². The minimum absolute atomic E-state index is 0.310. The molecule has 6 nitrogen and oxygen atoms in total. The zero-order chi connectivity index (χ0) is 18.8. The summed E-state index contributed by atoms with van der Waals surface area (Å²) in [6, 6.07) is 7.99. The molecule has 0 saturated heterocycles. The number of halogens is 1. The molecule has 0 aliphatic heterocycles. The topological polar surface area (TPSA) is 61.8 Å². The van der Waals surface area contributed by atoms with Crippen molar-refractivity contribution in [1.82, 2.24) is 18.7 Å². The highest BCUT2D eigenvalue weighted by atomic mass is 79.9. The van der Waals surface area contributed by atoms with E-state index in [1.54, 1.807) is 18.8 Å². The number of aromatic nitrogens is 4. The highest BCUT2D eigenvalue weighted by Crippen LogP contribution is 2.24. The fourth-order valence-corrected chi connectivity index (χ4v) is 4.11. The quantitative estimate of drug-likeness (QED) is 0.439. The molecular formula is C18H21BrN4O2S. The van der Waals surface area contributed by atoms with Crippen LogP contribution in [0.5, 0.6) is 0 Å². The highest BCUT2D eigenvalue weighted by Gasteiger charge is 2.19. The lowest BCUT2D eigenvalue weighted by molar-refractivity contribution is 0.696.